The van der Waals surface area contributed by atoms with Crippen LogP contribution in [0, 0.1) is 0 Å². The maximum atomic E-state index is 8.25. The van der Waals surface area contributed by atoms with Crippen molar-refractivity contribution < 1.29 is 5.11 Å². The van der Waals surface area contributed by atoms with Gasteiger partial charge < -0.3 is 0 Å². The largest absolute Gasteiger partial charge is 0.240 e. The second kappa shape index (κ2) is 7110. The van der Waals surface area contributed by atoms with E-state index in [0.29, 0.717) is 0 Å². The topological polar surface area (TPSA) is 19.9 Å². The highest BCUT2D eigenvalue weighted by molar-refractivity contribution is 3.50. The molecule has 27 valence electrons. The van der Waals surface area contributed by atoms with Crippen LogP contribution in [0.1, 0.15) is 13.8 Å². The zero-order valence-electron chi connectivity index (χ0n) is 3.41. The first-order valence-electron chi connectivity index (χ1n) is 1.41. The zero-order chi connectivity index (χ0) is 4.00. The number of hydrogen-bond acceptors (Lipinski definition) is 0. The van der Waals surface area contributed by atoms with E-state index < -0.39 is 0 Å². The lowest BCUT2D eigenvalue weighted by Crippen LogP contribution is -1.16. The molecular weight excluding hydrogens is 52.0 g/mol. The van der Waals surface area contributed by atoms with Gasteiger partial charge in [-0.05, 0) is 0 Å². The van der Waals surface area contributed by atoms with Crippen molar-refractivity contribution in [3.05, 3.63) is 0 Å². The van der Waals surface area contributed by atoms with Crippen molar-refractivity contribution in [3.8, 4) is 0 Å². The second-order valence-corrected chi connectivity index (χ2v) is 0. The molecular formula is C3H9O. The fourth-order valence-corrected chi connectivity index (χ4v) is 0. The molecule has 4 heavy (non-hydrogen) atoms. The second-order valence-electron chi connectivity index (χ2n) is 0. The Bertz CT molecular complexity index is 3.25. The van der Waals surface area contributed by atoms with Gasteiger partial charge in [0.2, 0.25) is 0 Å². The van der Waals surface area contributed by atoms with Gasteiger partial charge in [-0.2, -0.15) is 0 Å². The van der Waals surface area contributed by atoms with Crippen LogP contribution in [0.4, 0.5) is 0 Å². The molecule has 0 aliphatic carbocycles. The molecule has 1 radical (unpaired) electrons. The molecule has 0 amide bonds. The molecule has 0 atom stereocenters. The monoisotopic (exact) mass is 61.1 g/mol. The first kappa shape index (κ1) is 9.03. The molecule has 0 aromatic heterocycles. The molecule has 0 aromatic rings. The molecule has 0 aromatic carbocycles. The van der Waals surface area contributed by atoms with Gasteiger partial charge in [0.25, 0.3) is 0 Å². The molecule has 1 nitrogen and oxygen atoms in total. The highest BCUT2D eigenvalue weighted by Gasteiger charge is 0.933. The van der Waals surface area contributed by atoms with E-state index in [9.17, 15) is 0 Å². The first-order valence-corrected chi connectivity index (χ1v) is 1.41. The molecule has 0 rings (SSSR count). The van der Waals surface area contributed by atoms with Gasteiger partial charge in [0.05, 0.1) is 7.11 Å². The molecule has 0 heterocycles. The van der Waals surface area contributed by atoms with E-state index in [1.807, 2.05) is 13.8 Å². The van der Waals surface area contributed by atoms with Gasteiger partial charge in [0.1, 0.15) is 0 Å². The molecule has 0 spiro atoms. The third kappa shape index (κ3) is 1130. The van der Waals surface area contributed by atoms with E-state index in [4.69, 9.17) is 5.11 Å². The van der Waals surface area contributed by atoms with Crippen molar-refractivity contribution in [3.63, 3.8) is 0 Å². The third-order valence-corrected chi connectivity index (χ3v) is 0. The maximum absolute atomic E-state index is 8.25. The SMILES string of the molecule is CC.C[O]. The number of hydrogen-bond donors (Lipinski definition) is 0. The van der Waals surface area contributed by atoms with Crippen LogP contribution in [0.5, 0.6) is 0 Å². The molecule has 0 aliphatic heterocycles. The minimum absolute atomic E-state index is 0.750. The Morgan fingerprint density at radius 2 is 1.00 bits per heavy atom. The fourth-order valence-electron chi connectivity index (χ4n) is 0. The van der Waals surface area contributed by atoms with Crippen LogP contribution in [0.15, 0.2) is 0 Å². The predicted molar refractivity (Wildman–Crippen MR) is 18.0 cm³/mol. The smallest absolute Gasteiger partial charge is 0.0712 e. The van der Waals surface area contributed by atoms with Gasteiger partial charge in [0, 0.05) is 0 Å². The summed E-state index contributed by atoms with van der Waals surface area (Å²) in [6.45, 7) is 4.00. The normalized spacial score (nSPS) is 3.00. The lowest BCUT2D eigenvalue weighted by Gasteiger charge is -1.10. The van der Waals surface area contributed by atoms with Crippen LogP contribution in [0.25, 0.3) is 0 Å². The average molecular weight is 61.1 g/mol. The lowest BCUT2D eigenvalue weighted by molar-refractivity contribution is 0.282. The van der Waals surface area contributed by atoms with Crippen molar-refractivity contribution in [1.29, 1.82) is 0 Å². The van der Waals surface area contributed by atoms with E-state index in [2.05, 4.69) is 0 Å². The molecule has 0 bridgehead atoms. The Balaban J connectivity index is 0. The van der Waals surface area contributed by atoms with Gasteiger partial charge in [-0.1, -0.05) is 13.8 Å². The van der Waals surface area contributed by atoms with Crippen LogP contribution in [-0.2, 0) is 5.11 Å². The number of rotatable bonds is 0. The summed E-state index contributed by atoms with van der Waals surface area (Å²) in [5.74, 6) is 0. The van der Waals surface area contributed by atoms with E-state index in [0.717, 1.165) is 7.11 Å². The van der Waals surface area contributed by atoms with Crippen LogP contribution < -0.4 is 0 Å². The van der Waals surface area contributed by atoms with Crippen LogP contribution >= 0.6 is 0 Å². The molecule has 0 saturated heterocycles. The van der Waals surface area contributed by atoms with Crippen LogP contribution in [0.3, 0.4) is 0 Å². The van der Waals surface area contributed by atoms with Crippen LogP contribution in [0.2, 0.25) is 0 Å². The lowest BCUT2D eigenvalue weighted by atomic mass is 11.0. The highest BCUT2D eigenvalue weighted by Crippen LogP contribution is 1.14. The summed E-state index contributed by atoms with van der Waals surface area (Å²) in [6.07, 6.45) is 0. The zero-order valence-corrected chi connectivity index (χ0v) is 3.41. The Labute approximate surface area is 27.3 Å². The van der Waals surface area contributed by atoms with E-state index >= 15 is 0 Å². The summed E-state index contributed by atoms with van der Waals surface area (Å²) in [7, 11) is 0.750. The molecule has 0 unspecified atom stereocenters. The van der Waals surface area contributed by atoms with Gasteiger partial charge in [-0.25, -0.2) is 5.11 Å². The summed E-state index contributed by atoms with van der Waals surface area (Å²) >= 11 is 0. The van der Waals surface area contributed by atoms with Crippen molar-refractivity contribution in [1.82, 2.24) is 0 Å². The Morgan fingerprint density at radius 3 is 1.00 bits per heavy atom. The molecule has 0 N–H and O–H groups in total. The third-order valence-electron chi connectivity index (χ3n) is 0. The minimum atomic E-state index is 0.750. The standard InChI is InChI=1S/C2H6.CH3O/c2*1-2/h1-2H3;1H3. The van der Waals surface area contributed by atoms with Crippen LogP contribution in [-0.4, -0.2) is 7.11 Å². The molecule has 1 heteroatoms. The van der Waals surface area contributed by atoms with E-state index in [1.54, 1.807) is 0 Å². The summed E-state index contributed by atoms with van der Waals surface area (Å²) in [6, 6.07) is 0. The average Bonchev–Trinajstić information content (AvgIpc) is 1.50. The van der Waals surface area contributed by atoms with Gasteiger partial charge in [-0.15, -0.1) is 0 Å². The first-order chi connectivity index (χ1) is 2.00. The van der Waals surface area contributed by atoms with Gasteiger partial charge >= 0.3 is 0 Å². The summed E-state index contributed by atoms with van der Waals surface area (Å²) < 4.78 is 0. The summed E-state index contributed by atoms with van der Waals surface area (Å²) in [5, 5.41) is 8.25. The van der Waals surface area contributed by atoms with E-state index in [-0.39, 0.29) is 0 Å². The van der Waals surface area contributed by atoms with Crippen molar-refractivity contribution in [2.45, 2.75) is 13.8 Å². The van der Waals surface area contributed by atoms with Crippen molar-refractivity contribution in [2.24, 2.45) is 0 Å². The summed E-state index contributed by atoms with van der Waals surface area (Å²) in [5.41, 5.74) is 0. The van der Waals surface area contributed by atoms with Crippen molar-refractivity contribution in [2.75, 3.05) is 7.11 Å². The quantitative estimate of drug-likeness (QED) is 0.399. The molecule has 0 saturated carbocycles. The molecule has 0 aliphatic rings. The Kier molecular flexibility index (Phi) is 16000. The highest BCUT2D eigenvalue weighted by atomic mass is 16.2. The van der Waals surface area contributed by atoms with Gasteiger partial charge in [0.15, 0.2) is 0 Å². The minimum Gasteiger partial charge on any atom is -0.240 e. The van der Waals surface area contributed by atoms with E-state index in [1.165, 1.54) is 0 Å². The van der Waals surface area contributed by atoms with Gasteiger partial charge in [-0.3, -0.25) is 0 Å². The Hall–Kier alpha value is -0.0400. The predicted octanol–water partition coefficient (Wildman–Crippen LogP) is 1.07. The maximum Gasteiger partial charge on any atom is 0.0712 e. The van der Waals surface area contributed by atoms with Crippen molar-refractivity contribution >= 4 is 0 Å². The Morgan fingerprint density at radius 1 is 1.00 bits per heavy atom. The fraction of sp³-hybridized carbons (Fsp3) is 1.00. The molecule has 0 fully saturated rings. The summed E-state index contributed by atoms with van der Waals surface area (Å²) in [4.78, 5) is 0.